The van der Waals surface area contributed by atoms with Gasteiger partial charge in [-0.1, -0.05) is 38.0 Å². The molecule has 1 aromatic rings. The molecule has 2 nitrogen and oxygen atoms in total. The fourth-order valence-corrected chi connectivity index (χ4v) is 2.10. The molecule has 102 valence electrons. The second-order valence-electron chi connectivity index (χ2n) is 5.26. The summed E-state index contributed by atoms with van der Waals surface area (Å²) < 4.78 is 5.99. The summed E-state index contributed by atoms with van der Waals surface area (Å²) in [5.41, 5.74) is 2.53. The number of benzene rings is 1. The standard InChI is InChI=1S/C16H27NO/c1-6-7-13(3)11-18-16-9-8-12(2)10-15(16)14(4)17-5/h8-10,13-14,17H,6-7,11H2,1-5H3. The molecule has 0 saturated carbocycles. The maximum Gasteiger partial charge on any atom is 0.124 e. The Morgan fingerprint density at radius 2 is 2.00 bits per heavy atom. The molecule has 0 amide bonds. The number of nitrogens with one attached hydrogen (secondary N) is 1. The van der Waals surface area contributed by atoms with Crippen LogP contribution in [0, 0.1) is 12.8 Å². The Balaban J connectivity index is 2.75. The molecule has 2 heteroatoms. The zero-order valence-electron chi connectivity index (χ0n) is 12.4. The van der Waals surface area contributed by atoms with Crippen LogP contribution in [0.4, 0.5) is 0 Å². The first kappa shape index (κ1) is 15.0. The molecule has 0 bridgehead atoms. The third-order valence-corrected chi connectivity index (χ3v) is 3.37. The fraction of sp³-hybridized carbons (Fsp3) is 0.625. The smallest absolute Gasteiger partial charge is 0.124 e. The lowest BCUT2D eigenvalue weighted by atomic mass is 10.0. The van der Waals surface area contributed by atoms with Crippen molar-refractivity contribution in [2.24, 2.45) is 5.92 Å². The molecule has 0 aromatic heterocycles. The minimum absolute atomic E-state index is 0.321. The molecule has 0 radical (unpaired) electrons. The minimum Gasteiger partial charge on any atom is -0.493 e. The van der Waals surface area contributed by atoms with Gasteiger partial charge in [0.05, 0.1) is 6.61 Å². The van der Waals surface area contributed by atoms with Crippen molar-refractivity contribution in [1.82, 2.24) is 5.32 Å². The molecule has 0 aliphatic heterocycles. The highest BCUT2D eigenvalue weighted by Gasteiger charge is 2.11. The van der Waals surface area contributed by atoms with E-state index in [-0.39, 0.29) is 0 Å². The van der Waals surface area contributed by atoms with Crippen LogP contribution in [0.2, 0.25) is 0 Å². The Labute approximate surface area is 112 Å². The van der Waals surface area contributed by atoms with Gasteiger partial charge in [0.25, 0.3) is 0 Å². The molecule has 0 fully saturated rings. The van der Waals surface area contributed by atoms with Gasteiger partial charge in [-0.25, -0.2) is 0 Å². The zero-order valence-corrected chi connectivity index (χ0v) is 12.4. The predicted molar refractivity (Wildman–Crippen MR) is 78.2 cm³/mol. The predicted octanol–water partition coefficient (Wildman–Crippen LogP) is 4.09. The Morgan fingerprint density at radius 3 is 2.61 bits per heavy atom. The average Bonchev–Trinajstić information content (AvgIpc) is 2.36. The lowest BCUT2D eigenvalue weighted by molar-refractivity contribution is 0.248. The summed E-state index contributed by atoms with van der Waals surface area (Å²) in [6, 6.07) is 6.74. The number of hydrogen-bond donors (Lipinski definition) is 1. The fourth-order valence-electron chi connectivity index (χ4n) is 2.10. The molecule has 0 aliphatic carbocycles. The van der Waals surface area contributed by atoms with Gasteiger partial charge < -0.3 is 10.1 Å². The Kier molecular flexibility index (Phi) is 6.20. The van der Waals surface area contributed by atoms with Gasteiger partial charge in [0.1, 0.15) is 5.75 Å². The summed E-state index contributed by atoms with van der Waals surface area (Å²) in [5, 5.41) is 3.28. The molecule has 1 aromatic carbocycles. The monoisotopic (exact) mass is 249 g/mol. The molecule has 1 N–H and O–H groups in total. The Bertz CT molecular complexity index is 362. The van der Waals surface area contributed by atoms with E-state index >= 15 is 0 Å². The van der Waals surface area contributed by atoms with Gasteiger partial charge in [-0.3, -0.25) is 0 Å². The van der Waals surface area contributed by atoms with Crippen molar-refractivity contribution in [3.63, 3.8) is 0 Å². The van der Waals surface area contributed by atoms with Crippen molar-refractivity contribution < 1.29 is 4.74 Å². The summed E-state index contributed by atoms with van der Waals surface area (Å²) in [6.45, 7) is 9.56. The Morgan fingerprint density at radius 1 is 1.28 bits per heavy atom. The summed E-state index contributed by atoms with van der Waals surface area (Å²) in [6.07, 6.45) is 2.45. The molecular formula is C16H27NO. The van der Waals surface area contributed by atoms with Crippen molar-refractivity contribution in [2.75, 3.05) is 13.7 Å². The summed E-state index contributed by atoms with van der Waals surface area (Å²) >= 11 is 0. The second-order valence-corrected chi connectivity index (χ2v) is 5.26. The SMILES string of the molecule is CCCC(C)COc1ccc(C)cc1C(C)NC. The van der Waals surface area contributed by atoms with Crippen molar-refractivity contribution in [3.05, 3.63) is 29.3 Å². The zero-order chi connectivity index (χ0) is 13.5. The quantitative estimate of drug-likeness (QED) is 0.786. The van der Waals surface area contributed by atoms with Crippen LogP contribution in [0.1, 0.15) is 50.8 Å². The van der Waals surface area contributed by atoms with Gasteiger partial charge in [-0.15, -0.1) is 0 Å². The molecule has 18 heavy (non-hydrogen) atoms. The highest BCUT2D eigenvalue weighted by atomic mass is 16.5. The topological polar surface area (TPSA) is 21.3 Å². The summed E-state index contributed by atoms with van der Waals surface area (Å²) in [4.78, 5) is 0. The van der Waals surface area contributed by atoms with Crippen molar-refractivity contribution in [3.8, 4) is 5.75 Å². The molecule has 0 heterocycles. The highest BCUT2D eigenvalue weighted by Crippen LogP contribution is 2.26. The van der Waals surface area contributed by atoms with Crippen LogP contribution < -0.4 is 10.1 Å². The van der Waals surface area contributed by atoms with E-state index in [2.05, 4.69) is 51.2 Å². The molecule has 0 aliphatic rings. The van der Waals surface area contributed by atoms with Crippen LogP contribution in [-0.4, -0.2) is 13.7 Å². The average molecular weight is 249 g/mol. The van der Waals surface area contributed by atoms with Gasteiger partial charge in [0, 0.05) is 11.6 Å². The maximum absolute atomic E-state index is 5.99. The van der Waals surface area contributed by atoms with E-state index in [1.807, 2.05) is 7.05 Å². The molecule has 0 spiro atoms. The summed E-state index contributed by atoms with van der Waals surface area (Å²) in [5.74, 6) is 1.64. The molecular weight excluding hydrogens is 222 g/mol. The van der Waals surface area contributed by atoms with Crippen molar-refractivity contribution in [1.29, 1.82) is 0 Å². The number of aryl methyl sites for hydroxylation is 1. The number of hydrogen-bond acceptors (Lipinski definition) is 2. The third-order valence-electron chi connectivity index (χ3n) is 3.37. The lowest BCUT2D eigenvalue weighted by Crippen LogP contribution is -2.15. The van der Waals surface area contributed by atoms with Gasteiger partial charge >= 0.3 is 0 Å². The van der Waals surface area contributed by atoms with Gasteiger partial charge in [0.2, 0.25) is 0 Å². The van der Waals surface area contributed by atoms with E-state index in [1.54, 1.807) is 0 Å². The van der Waals surface area contributed by atoms with Crippen LogP contribution in [0.15, 0.2) is 18.2 Å². The van der Waals surface area contributed by atoms with Crippen LogP contribution in [0.25, 0.3) is 0 Å². The van der Waals surface area contributed by atoms with Crippen molar-refractivity contribution in [2.45, 2.75) is 46.6 Å². The first-order chi connectivity index (χ1) is 8.58. The number of rotatable bonds is 7. The van der Waals surface area contributed by atoms with Gasteiger partial charge in [-0.05, 0) is 39.3 Å². The molecule has 0 saturated heterocycles. The molecule has 2 atom stereocenters. The van der Waals surface area contributed by atoms with E-state index in [9.17, 15) is 0 Å². The highest BCUT2D eigenvalue weighted by molar-refractivity contribution is 5.38. The lowest BCUT2D eigenvalue weighted by Gasteiger charge is -2.19. The van der Waals surface area contributed by atoms with E-state index in [0.29, 0.717) is 12.0 Å². The van der Waals surface area contributed by atoms with Gasteiger partial charge in [-0.2, -0.15) is 0 Å². The van der Waals surface area contributed by atoms with Crippen LogP contribution in [0.3, 0.4) is 0 Å². The van der Waals surface area contributed by atoms with E-state index < -0.39 is 0 Å². The van der Waals surface area contributed by atoms with E-state index in [0.717, 1.165) is 12.4 Å². The first-order valence-corrected chi connectivity index (χ1v) is 6.99. The molecule has 1 rings (SSSR count). The van der Waals surface area contributed by atoms with Crippen molar-refractivity contribution >= 4 is 0 Å². The second kappa shape index (κ2) is 7.42. The van der Waals surface area contributed by atoms with Crippen LogP contribution in [0.5, 0.6) is 5.75 Å². The van der Waals surface area contributed by atoms with E-state index in [1.165, 1.54) is 24.0 Å². The van der Waals surface area contributed by atoms with E-state index in [4.69, 9.17) is 4.74 Å². The minimum atomic E-state index is 0.321. The summed E-state index contributed by atoms with van der Waals surface area (Å²) in [7, 11) is 1.98. The Hall–Kier alpha value is -1.02. The van der Waals surface area contributed by atoms with Gasteiger partial charge in [0.15, 0.2) is 0 Å². The normalized spacial score (nSPS) is 14.3. The largest absolute Gasteiger partial charge is 0.493 e. The van der Waals surface area contributed by atoms with Crippen LogP contribution in [-0.2, 0) is 0 Å². The third kappa shape index (κ3) is 4.34. The van der Waals surface area contributed by atoms with Crippen LogP contribution >= 0.6 is 0 Å². The first-order valence-electron chi connectivity index (χ1n) is 6.99. The number of ether oxygens (including phenoxy) is 1. The maximum atomic E-state index is 5.99. The molecule has 2 unspecified atom stereocenters.